The lowest BCUT2D eigenvalue weighted by molar-refractivity contribution is -0.163. The molecule has 0 aliphatic carbocycles. The molecule has 0 aromatic rings. The van der Waals surface area contributed by atoms with E-state index < -0.39 is 35.3 Å². The summed E-state index contributed by atoms with van der Waals surface area (Å²) in [6, 6.07) is 0. The van der Waals surface area contributed by atoms with Gasteiger partial charge in [0, 0.05) is 0 Å². The number of aliphatic hydroxyl groups excluding tert-OH is 3. The summed E-state index contributed by atoms with van der Waals surface area (Å²) >= 11 is 0. The standard InChI is InChI=1S/C20H36O6/c1-3-5-7-9-11-13-20(25,14-12-10-8-6-4-2)18(23)17-15(21)16(22)19(24)26-17/h17-18,21-23,25H,3-14H2,1-2H3/t17-,18+/m0/s1. The van der Waals surface area contributed by atoms with Crippen LogP contribution in [0.15, 0.2) is 11.5 Å². The van der Waals surface area contributed by atoms with Gasteiger partial charge in [-0.25, -0.2) is 4.79 Å². The molecule has 0 bridgehead atoms. The van der Waals surface area contributed by atoms with E-state index in [-0.39, 0.29) is 0 Å². The zero-order chi connectivity index (χ0) is 19.6. The Kier molecular flexibility index (Phi) is 10.0. The van der Waals surface area contributed by atoms with E-state index in [1.807, 2.05) is 0 Å². The highest BCUT2D eigenvalue weighted by Gasteiger charge is 2.48. The van der Waals surface area contributed by atoms with Crippen LogP contribution < -0.4 is 0 Å². The van der Waals surface area contributed by atoms with Gasteiger partial charge in [0.1, 0.15) is 6.10 Å². The number of hydrogen-bond acceptors (Lipinski definition) is 6. The molecule has 0 radical (unpaired) electrons. The van der Waals surface area contributed by atoms with Crippen LogP contribution in [-0.4, -0.2) is 44.2 Å². The number of cyclic esters (lactones) is 1. The van der Waals surface area contributed by atoms with Gasteiger partial charge in [-0.3, -0.25) is 0 Å². The Morgan fingerprint density at radius 2 is 1.38 bits per heavy atom. The average molecular weight is 373 g/mol. The minimum Gasteiger partial charge on any atom is -0.505 e. The molecule has 26 heavy (non-hydrogen) atoms. The van der Waals surface area contributed by atoms with Crippen molar-refractivity contribution in [2.45, 2.75) is 109 Å². The predicted octanol–water partition coefficient (Wildman–Crippen LogP) is 4.05. The molecule has 0 amide bonds. The summed E-state index contributed by atoms with van der Waals surface area (Å²) in [5.74, 6) is -2.65. The lowest BCUT2D eigenvalue weighted by atomic mass is 9.82. The number of hydrogen-bond donors (Lipinski definition) is 4. The summed E-state index contributed by atoms with van der Waals surface area (Å²) in [6.45, 7) is 4.26. The van der Waals surface area contributed by atoms with Crippen molar-refractivity contribution in [3.8, 4) is 0 Å². The number of carbonyl (C=O) groups excluding carboxylic acids is 1. The first-order valence-corrected chi connectivity index (χ1v) is 10.1. The smallest absolute Gasteiger partial charge is 0.377 e. The van der Waals surface area contributed by atoms with Gasteiger partial charge in [0.15, 0.2) is 11.9 Å². The van der Waals surface area contributed by atoms with Crippen LogP contribution in [0.4, 0.5) is 0 Å². The Hall–Kier alpha value is -1.27. The molecule has 6 heteroatoms. The first-order valence-electron chi connectivity index (χ1n) is 10.1. The Morgan fingerprint density at radius 1 is 0.923 bits per heavy atom. The van der Waals surface area contributed by atoms with Crippen LogP contribution >= 0.6 is 0 Å². The van der Waals surface area contributed by atoms with Crippen molar-refractivity contribution in [1.82, 2.24) is 0 Å². The van der Waals surface area contributed by atoms with Gasteiger partial charge in [-0.05, 0) is 12.8 Å². The van der Waals surface area contributed by atoms with Crippen LogP contribution in [0.25, 0.3) is 0 Å². The van der Waals surface area contributed by atoms with Crippen molar-refractivity contribution in [2.75, 3.05) is 0 Å². The highest BCUT2D eigenvalue weighted by Crippen LogP contribution is 2.33. The van der Waals surface area contributed by atoms with Gasteiger partial charge in [-0.2, -0.15) is 0 Å². The monoisotopic (exact) mass is 372 g/mol. The van der Waals surface area contributed by atoms with E-state index in [0.29, 0.717) is 12.8 Å². The van der Waals surface area contributed by atoms with Crippen LogP contribution in [-0.2, 0) is 9.53 Å². The maximum absolute atomic E-state index is 11.4. The van der Waals surface area contributed by atoms with E-state index in [4.69, 9.17) is 4.74 Å². The molecule has 6 nitrogen and oxygen atoms in total. The van der Waals surface area contributed by atoms with Crippen LogP contribution in [0, 0.1) is 0 Å². The second kappa shape index (κ2) is 11.4. The predicted molar refractivity (Wildman–Crippen MR) is 99.9 cm³/mol. The van der Waals surface area contributed by atoms with Crippen LogP contribution in [0.3, 0.4) is 0 Å². The quantitative estimate of drug-likeness (QED) is 0.271. The second-order valence-corrected chi connectivity index (χ2v) is 7.44. The maximum Gasteiger partial charge on any atom is 0.377 e. The molecule has 1 heterocycles. The molecule has 1 rings (SSSR count). The Labute approximate surface area is 156 Å². The second-order valence-electron chi connectivity index (χ2n) is 7.44. The van der Waals surface area contributed by atoms with Gasteiger partial charge >= 0.3 is 5.97 Å². The third kappa shape index (κ3) is 6.47. The lowest BCUT2D eigenvalue weighted by Crippen LogP contribution is -2.50. The zero-order valence-corrected chi connectivity index (χ0v) is 16.2. The fourth-order valence-electron chi connectivity index (χ4n) is 3.45. The Morgan fingerprint density at radius 3 is 1.77 bits per heavy atom. The van der Waals surface area contributed by atoms with Crippen LogP contribution in [0.1, 0.15) is 90.9 Å². The lowest BCUT2D eigenvalue weighted by Gasteiger charge is -2.35. The molecular weight excluding hydrogens is 336 g/mol. The highest BCUT2D eigenvalue weighted by atomic mass is 16.6. The van der Waals surface area contributed by atoms with E-state index in [1.165, 1.54) is 0 Å². The van der Waals surface area contributed by atoms with Gasteiger partial charge < -0.3 is 25.2 Å². The van der Waals surface area contributed by atoms with Crippen molar-refractivity contribution in [3.63, 3.8) is 0 Å². The third-order valence-corrected chi connectivity index (χ3v) is 5.20. The van der Waals surface area contributed by atoms with Crippen molar-refractivity contribution < 1.29 is 30.0 Å². The maximum atomic E-state index is 11.4. The van der Waals surface area contributed by atoms with Crippen molar-refractivity contribution in [2.24, 2.45) is 0 Å². The zero-order valence-electron chi connectivity index (χ0n) is 16.2. The Balaban J connectivity index is 2.70. The molecular formula is C20H36O6. The summed E-state index contributed by atoms with van der Waals surface area (Å²) in [5.41, 5.74) is -1.46. The third-order valence-electron chi connectivity index (χ3n) is 5.20. The molecule has 0 saturated carbocycles. The van der Waals surface area contributed by atoms with Gasteiger partial charge in [-0.15, -0.1) is 0 Å². The molecule has 1 aliphatic heterocycles. The van der Waals surface area contributed by atoms with Crippen LogP contribution in [0.2, 0.25) is 0 Å². The molecule has 0 aromatic carbocycles. The van der Waals surface area contributed by atoms with Gasteiger partial charge in [0.05, 0.1) is 5.60 Å². The van der Waals surface area contributed by atoms with Crippen molar-refractivity contribution in [3.05, 3.63) is 11.5 Å². The summed E-state index contributed by atoms with van der Waals surface area (Å²) in [5, 5.41) is 41.1. The highest BCUT2D eigenvalue weighted by molar-refractivity contribution is 5.89. The molecule has 4 N–H and O–H groups in total. The van der Waals surface area contributed by atoms with Gasteiger partial charge in [-0.1, -0.05) is 78.1 Å². The van der Waals surface area contributed by atoms with E-state index in [1.54, 1.807) is 0 Å². The van der Waals surface area contributed by atoms with Gasteiger partial charge in [0.2, 0.25) is 5.76 Å². The Bertz CT molecular complexity index is 445. The fourth-order valence-corrected chi connectivity index (χ4v) is 3.45. The van der Waals surface area contributed by atoms with E-state index in [0.717, 1.165) is 64.2 Å². The number of esters is 1. The largest absolute Gasteiger partial charge is 0.505 e. The number of unbranched alkanes of at least 4 members (excludes halogenated alkanes) is 8. The van der Waals surface area contributed by atoms with Crippen molar-refractivity contribution >= 4 is 5.97 Å². The number of aliphatic hydroxyl groups is 4. The topological polar surface area (TPSA) is 107 Å². The minimum atomic E-state index is -1.46. The molecule has 0 unspecified atom stereocenters. The fraction of sp³-hybridized carbons (Fsp3) is 0.850. The summed E-state index contributed by atoms with van der Waals surface area (Å²) in [4.78, 5) is 11.4. The first-order chi connectivity index (χ1) is 12.4. The molecule has 1 aliphatic rings. The average Bonchev–Trinajstić information content (AvgIpc) is 2.88. The van der Waals surface area contributed by atoms with Crippen molar-refractivity contribution in [1.29, 1.82) is 0 Å². The molecule has 152 valence electrons. The van der Waals surface area contributed by atoms with E-state index in [2.05, 4.69) is 13.8 Å². The molecule has 0 spiro atoms. The number of ether oxygens (including phenoxy) is 1. The normalized spacial score (nSPS) is 19.1. The number of rotatable bonds is 14. The molecule has 2 atom stereocenters. The summed E-state index contributed by atoms with van der Waals surface area (Å²) in [6.07, 6.45) is 7.94. The first kappa shape index (κ1) is 22.8. The van der Waals surface area contributed by atoms with E-state index in [9.17, 15) is 25.2 Å². The van der Waals surface area contributed by atoms with Gasteiger partial charge in [0.25, 0.3) is 0 Å². The minimum absolute atomic E-state index is 0.369. The summed E-state index contributed by atoms with van der Waals surface area (Å²) in [7, 11) is 0. The molecule has 0 aromatic heterocycles. The summed E-state index contributed by atoms with van der Waals surface area (Å²) < 4.78 is 4.86. The molecule has 0 saturated heterocycles. The van der Waals surface area contributed by atoms with Crippen LogP contribution in [0.5, 0.6) is 0 Å². The van der Waals surface area contributed by atoms with E-state index >= 15 is 0 Å². The number of carbonyl (C=O) groups is 1. The SMILES string of the molecule is CCCCCCCC(O)(CCCCCCC)[C@H](O)[C@H]1OC(=O)C(O)=C1O. The molecule has 0 fully saturated rings.